The first kappa shape index (κ1) is 15.4. The number of carbonyl (C=O) groups is 1. The van der Waals surface area contributed by atoms with Crippen molar-refractivity contribution in [3.63, 3.8) is 0 Å². The largest absolute Gasteiger partial charge is 0.393 e. The average Bonchev–Trinajstić information content (AvgIpc) is 2.13. The molecule has 0 radical (unpaired) electrons. The van der Waals surface area contributed by atoms with Crippen LogP contribution in [-0.4, -0.2) is 34.9 Å². The standard InChI is InChI=1S/C12H25NO3/c1-9(11(2,3)4)6-10(15)13-7-12(5,16)8-14/h9,14,16H,6-8H2,1-5H3,(H,13,15). The third-order valence-electron chi connectivity index (χ3n) is 2.98. The minimum atomic E-state index is -1.24. The van der Waals surface area contributed by atoms with Crippen LogP contribution in [0.25, 0.3) is 0 Å². The van der Waals surface area contributed by atoms with E-state index in [1.165, 1.54) is 6.92 Å². The predicted octanol–water partition coefficient (Wildman–Crippen LogP) is 0.918. The van der Waals surface area contributed by atoms with Crippen molar-refractivity contribution in [3.8, 4) is 0 Å². The molecule has 4 heteroatoms. The highest BCUT2D eigenvalue weighted by atomic mass is 16.3. The minimum Gasteiger partial charge on any atom is -0.393 e. The number of aliphatic hydroxyl groups excluding tert-OH is 1. The Hall–Kier alpha value is -0.610. The van der Waals surface area contributed by atoms with E-state index in [1.54, 1.807) is 0 Å². The molecule has 4 nitrogen and oxygen atoms in total. The van der Waals surface area contributed by atoms with Crippen molar-refractivity contribution in [3.05, 3.63) is 0 Å². The topological polar surface area (TPSA) is 69.6 Å². The number of rotatable bonds is 5. The molecule has 0 aromatic carbocycles. The van der Waals surface area contributed by atoms with E-state index in [1.807, 2.05) is 6.92 Å². The van der Waals surface area contributed by atoms with E-state index in [2.05, 4.69) is 26.1 Å². The Kier molecular flexibility index (Phi) is 5.42. The van der Waals surface area contributed by atoms with Crippen LogP contribution in [0.15, 0.2) is 0 Å². The second-order valence-corrected chi connectivity index (χ2v) is 5.90. The van der Waals surface area contributed by atoms with Crippen molar-refractivity contribution in [1.82, 2.24) is 5.32 Å². The van der Waals surface area contributed by atoms with Gasteiger partial charge in [-0.3, -0.25) is 4.79 Å². The van der Waals surface area contributed by atoms with Gasteiger partial charge in [-0.2, -0.15) is 0 Å². The molecule has 0 fully saturated rings. The SMILES string of the molecule is CC(CC(=O)NCC(C)(O)CO)C(C)(C)C. The van der Waals surface area contributed by atoms with Gasteiger partial charge in [-0.15, -0.1) is 0 Å². The summed E-state index contributed by atoms with van der Waals surface area (Å²) in [7, 11) is 0. The summed E-state index contributed by atoms with van der Waals surface area (Å²) in [6, 6.07) is 0. The Balaban J connectivity index is 4.02. The lowest BCUT2D eigenvalue weighted by atomic mass is 9.80. The fraction of sp³-hybridized carbons (Fsp3) is 0.917. The van der Waals surface area contributed by atoms with Crippen LogP contribution in [-0.2, 0) is 4.79 Å². The molecule has 2 atom stereocenters. The summed E-state index contributed by atoms with van der Waals surface area (Å²) < 4.78 is 0. The average molecular weight is 231 g/mol. The molecule has 96 valence electrons. The fourth-order valence-electron chi connectivity index (χ4n) is 1.00. The molecule has 16 heavy (non-hydrogen) atoms. The monoisotopic (exact) mass is 231 g/mol. The quantitative estimate of drug-likeness (QED) is 0.659. The van der Waals surface area contributed by atoms with Crippen molar-refractivity contribution in [2.24, 2.45) is 11.3 Å². The van der Waals surface area contributed by atoms with E-state index in [4.69, 9.17) is 5.11 Å². The van der Waals surface area contributed by atoms with E-state index >= 15 is 0 Å². The van der Waals surface area contributed by atoms with Gasteiger partial charge in [0.05, 0.1) is 6.61 Å². The van der Waals surface area contributed by atoms with Crippen LogP contribution in [0, 0.1) is 11.3 Å². The molecule has 0 aliphatic carbocycles. The van der Waals surface area contributed by atoms with Gasteiger partial charge in [0, 0.05) is 13.0 Å². The van der Waals surface area contributed by atoms with Crippen molar-refractivity contribution in [2.75, 3.05) is 13.2 Å². The molecular weight excluding hydrogens is 206 g/mol. The highest BCUT2D eigenvalue weighted by Gasteiger charge is 2.24. The Bertz CT molecular complexity index is 231. The molecule has 0 aromatic rings. The fourth-order valence-corrected chi connectivity index (χ4v) is 1.00. The molecule has 0 saturated heterocycles. The highest BCUT2D eigenvalue weighted by molar-refractivity contribution is 5.76. The zero-order valence-corrected chi connectivity index (χ0v) is 11.0. The number of hydrogen-bond acceptors (Lipinski definition) is 3. The van der Waals surface area contributed by atoms with E-state index in [-0.39, 0.29) is 30.4 Å². The smallest absolute Gasteiger partial charge is 0.220 e. The first-order valence-electron chi connectivity index (χ1n) is 5.68. The highest BCUT2D eigenvalue weighted by Crippen LogP contribution is 2.27. The summed E-state index contributed by atoms with van der Waals surface area (Å²) in [5, 5.41) is 20.9. The van der Waals surface area contributed by atoms with Crippen LogP contribution in [0.2, 0.25) is 0 Å². The number of aliphatic hydroxyl groups is 2. The van der Waals surface area contributed by atoms with Gasteiger partial charge in [0.2, 0.25) is 5.91 Å². The van der Waals surface area contributed by atoms with Crippen molar-refractivity contribution >= 4 is 5.91 Å². The van der Waals surface area contributed by atoms with Crippen LogP contribution in [0.4, 0.5) is 0 Å². The molecule has 0 spiro atoms. The Morgan fingerprint density at radius 1 is 1.31 bits per heavy atom. The first-order valence-corrected chi connectivity index (χ1v) is 5.68. The van der Waals surface area contributed by atoms with Gasteiger partial charge in [0.15, 0.2) is 0 Å². The lowest BCUT2D eigenvalue weighted by Crippen LogP contribution is -2.43. The minimum absolute atomic E-state index is 0.0825. The Morgan fingerprint density at radius 2 is 1.81 bits per heavy atom. The maximum atomic E-state index is 11.6. The van der Waals surface area contributed by atoms with Gasteiger partial charge in [0.1, 0.15) is 5.60 Å². The Morgan fingerprint density at radius 3 is 2.19 bits per heavy atom. The summed E-state index contributed by atoms with van der Waals surface area (Å²) in [6.45, 7) is 9.52. The summed E-state index contributed by atoms with van der Waals surface area (Å²) in [4.78, 5) is 11.6. The number of carbonyl (C=O) groups excluding carboxylic acids is 1. The first-order chi connectivity index (χ1) is 7.08. The molecule has 0 heterocycles. The Labute approximate surface area is 98.1 Å². The molecule has 0 aromatic heterocycles. The van der Waals surface area contributed by atoms with Crippen LogP contribution in [0.3, 0.4) is 0 Å². The summed E-state index contributed by atoms with van der Waals surface area (Å²) in [6.07, 6.45) is 0.436. The van der Waals surface area contributed by atoms with Crippen molar-refractivity contribution < 1.29 is 15.0 Å². The summed E-state index contributed by atoms with van der Waals surface area (Å²) in [5.74, 6) is 0.183. The maximum Gasteiger partial charge on any atom is 0.220 e. The van der Waals surface area contributed by atoms with Gasteiger partial charge in [0.25, 0.3) is 0 Å². The van der Waals surface area contributed by atoms with Gasteiger partial charge in [-0.1, -0.05) is 27.7 Å². The van der Waals surface area contributed by atoms with E-state index in [0.717, 1.165) is 0 Å². The molecule has 3 N–H and O–H groups in total. The molecular formula is C12H25NO3. The predicted molar refractivity (Wildman–Crippen MR) is 64.0 cm³/mol. The summed E-state index contributed by atoms with van der Waals surface area (Å²) in [5.41, 5.74) is -1.14. The number of nitrogens with one attached hydrogen (secondary N) is 1. The zero-order valence-electron chi connectivity index (χ0n) is 11.0. The second-order valence-electron chi connectivity index (χ2n) is 5.90. The van der Waals surface area contributed by atoms with Crippen LogP contribution in [0.1, 0.15) is 41.0 Å². The maximum absolute atomic E-state index is 11.6. The second kappa shape index (κ2) is 5.64. The molecule has 1 amide bonds. The van der Waals surface area contributed by atoms with Gasteiger partial charge >= 0.3 is 0 Å². The number of amides is 1. The molecule has 2 unspecified atom stereocenters. The normalized spacial score (nSPS) is 17.7. The van der Waals surface area contributed by atoms with Gasteiger partial charge < -0.3 is 15.5 Å². The zero-order chi connectivity index (χ0) is 13.0. The third kappa shape index (κ3) is 6.08. The van der Waals surface area contributed by atoms with E-state index < -0.39 is 5.60 Å². The van der Waals surface area contributed by atoms with E-state index in [0.29, 0.717) is 6.42 Å². The molecule has 0 aliphatic rings. The molecule has 0 rings (SSSR count). The molecule has 0 aliphatic heterocycles. The van der Waals surface area contributed by atoms with Crippen LogP contribution >= 0.6 is 0 Å². The van der Waals surface area contributed by atoms with E-state index in [9.17, 15) is 9.90 Å². The van der Waals surface area contributed by atoms with Gasteiger partial charge in [-0.25, -0.2) is 0 Å². The lowest BCUT2D eigenvalue weighted by Gasteiger charge is -2.27. The lowest BCUT2D eigenvalue weighted by molar-refractivity contribution is -0.124. The molecule has 0 bridgehead atoms. The van der Waals surface area contributed by atoms with Crippen LogP contribution in [0.5, 0.6) is 0 Å². The van der Waals surface area contributed by atoms with Gasteiger partial charge in [-0.05, 0) is 18.3 Å². The van der Waals surface area contributed by atoms with Crippen molar-refractivity contribution in [1.29, 1.82) is 0 Å². The number of hydrogen-bond donors (Lipinski definition) is 3. The summed E-state index contributed by atoms with van der Waals surface area (Å²) >= 11 is 0. The van der Waals surface area contributed by atoms with Crippen LogP contribution < -0.4 is 5.32 Å². The van der Waals surface area contributed by atoms with Crippen molar-refractivity contribution in [2.45, 2.75) is 46.6 Å². The third-order valence-corrected chi connectivity index (χ3v) is 2.98. The molecule has 0 saturated carbocycles.